The molecule has 0 aromatic carbocycles. The van der Waals surface area contributed by atoms with Crippen LogP contribution < -0.4 is 0 Å². The Morgan fingerprint density at radius 2 is 2.15 bits per heavy atom. The summed E-state index contributed by atoms with van der Waals surface area (Å²) in [6, 6.07) is 4.47. The van der Waals surface area contributed by atoms with Gasteiger partial charge in [-0.2, -0.15) is 0 Å². The van der Waals surface area contributed by atoms with E-state index < -0.39 is 9.84 Å². The van der Waals surface area contributed by atoms with Gasteiger partial charge in [0.15, 0.2) is 5.03 Å². The largest absolute Gasteiger partial charge is 0.244 e. The van der Waals surface area contributed by atoms with Gasteiger partial charge in [-0.3, -0.25) is 0 Å². The molecule has 0 fully saturated rings. The van der Waals surface area contributed by atoms with E-state index in [1.54, 1.807) is 6.07 Å². The highest BCUT2D eigenvalue weighted by atomic mass is 32.2. The fourth-order valence-corrected chi connectivity index (χ4v) is 1.60. The molecule has 0 spiro atoms. The molecule has 4 nitrogen and oxygen atoms in total. The molecule has 1 rings (SSSR count). The fourth-order valence-electron chi connectivity index (χ4n) is 0.718. The van der Waals surface area contributed by atoms with Gasteiger partial charge in [0.05, 0.1) is 0 Å². The van der Waals surface area contributed by atoms with E-state index in [0.717, 1.165) is 0 Å². The summed E-state index contributed by atoms with van der Waals surface area (Å²) in [6.45, 7) is 1.19. The fraction of sp³-hybridized carbons (Fsp3) is 0.125. The van der Waals surface area contributed by atoms with Gasteiger partial charge in [0, 0.05) is 6.20 Å². The zero-order valence-electron chi connectivity index (χ0n) is 6.89. The SMILES string of the molecule is CC(=C=O)S(=O)(=O)c1ccccn1. The Morgan fingerprint density at radius 3 is 2.62 bits per heavy atom. The van der Waals surface area contributed by atoms with Gasteiger partial charge in [0.2, 0.25) is 9.84 Å². The van der Waals surface area contributed by atoms with Crippen molar-refractivity contribution >= 4 is 15.8 Å². The van der Waals surface area contributed by atoms with E-state index in [9.17, 15) is 13.2 Å². The van der Waals surface area contributed by atoms with Crippen LogP contribution in [0, 0.1) is 0 Å². The van der Waals surface area contributed by atoms with Crippen molar-refractivity contribution in [3.8, 4) is 0 Å². The van der Waals surface area contributed by atoms with Crippen LogP contribution in [0.15, 0.2) is 34.3 Å². The van der Waals surface area contributed by atoms with Gasteiger partial charge in [0.1, 0.15) is 10.8 Å². The van der Waals surface area contributed by atoms with E-state index in [4.69, 9.17) is 0 Å². The Morgan fingerprint density at radius 1 is 1.46 bits per heavy atom. The van der Waals surface area contributed by atoms with Crippen molar-refractivity contribution < 1.29 is 13.2 Å². The standard InChI is InChI=1S/C8H7NO3S/c1-7(6-10)13(11,12)8-4-2-3-5-9-8/h2-5H,1H3. The first-order valence-electron chi connectivity index (χ1n) is 3.47. The van der Waals surface area contributed by atoms with E-state index in [1.807, 2.05) is 0 Å². The van der Waals surface area contributed by atoms with E-state index in [1.165, 1.54) is 31.2 Å². The van der Waals surface area contributed by atoms with Crippen molar-refractivity contribution in [2.75, 3.05) is 0 Å². The summed E-state index contributed by atoms with van der Waals surface area (Å²) >= 11 is 0. The lowest BCUT2D eigenvalue weighted by Crippen LogP contribution is -2.04. The highest BCUT2D eigenvalue weighted by Gasteiger charge is 2.18. The topological polar surface area (TPSA) is 64.1 Å². The number of pyridine rings is 1. The van der Waals surface area contributed by atoms with Gasteiger partial charge in [-0.05, 0) is 19.1 Å². The first-order chi connectivity index (χ1) is 6.09. The molecule has 0 bridgehead atoms. The van der Waals surface area contributed by atoms with Crippen LogP contribution in [0.4, 0.5) is 0 Å². The number of carbonyl (C=O) groups excluding carboxylic acids is 1. The molecule has 0 N–H and O–H groups in total. The minimum Gasteiger partial charge on any atom is -0.244 e. The van der Waals surface area contributed by atoms with Crippen LogP contribution in [0.5, 0.6) is 0 Å². The first-order valence-corrected chi connectivity index (χ1v) is 4.95. The van der Waals surface area contributed by atoms with Crippen LogP contribution in [0.2, 0.25) is 0 Å². The number of hydrogen-bond donors (Lipinski definition) is 0. The van der Waals surface area contributed by atoms with Crippen LogP contribution in [0.1, 0.15) is 6.92 Å². The molecule has 0 amide bonds. The second-order valence-corrected chi connectivity index (χ2v) is 4.37. The smallest absolute Gasteiger partial charge is 0.230 e. The van der Waals surface area contributed by atoms with Crippen LogP contribution in [-0.2, 0) is 14.6 Å². The van der Waals surface area contributed by atoms with Crippen molar-refractivity contribution in [3.63, 3.8) is 0 Å². The maximum Gasteiger partial charge on any atom is 0.230 e. The predicted molar refractivity (Wildman–Crippen MR) is 46.3 cm³/mol. The molecule has 0 atom stereocenters. The summed E-state index contributed by atoms with van der Waals surface area (Å²) in [5.74, 6) is 1.34. The second kappa shape index (κ2) is 3.51. The Labute approximate surface area is 75.8 Å². The van der Waals surface area contributed by atoms with Gasteiger partial charge >= 0.3 is 0 Å². The Hall–Kier alpha value is -1.45. The zero-order chi connectivity index (χ0) is 9.90. The maximum atomic E-state index is 11.4. The highest BCUT2D eigenvalue weighted by Crippen LogP contribution is 2.12. The zero-order valence-corrected chi connectivity index (χ0v) is 7.71. The molecule has 0 aliphatic heterocycles. The molecule has 5 heteroatoms. The molecular formula is C8H7NO3S. The quantitative estimate of drug-likeness (QED) is 0.651. The summed E-state index contributed by atoms with van der Waals surface area (Å²) in [5, 5.41) is -0.129. The average molecular weight is 197 g/mol. The summed E-state index contributed by atoms with van der Waals surface area (Å²) < 4.78 is 22.8. The third kappa shape index (κ3) is 1.83. The van der Waals surface area contributed by atoms with Gasteiger partial charge in [-0.15, -0.1) is 0 Å². The van der Waals surface area contributed by atoms with E-state index in [-0.39, 0.29) is 9.93 Å². The molecule has 0 aliphatic rings. The van der Waals surface area contributed by atoms with Gasteiger partial charge < -0.3 is 0 Å². The molecule has 0 radical (unpaired) electrons. The number of aromatic nitrogens is 1. The summed E-state index contributed by atoms with van der Waals surface area (Å²) in [4.78, 5) is 13.4. The second-order valence-electron chi connectivity index (χ2n) is 2.33. The molecule has 1 heterocycles. The molecule has 13 heavy (non-hydrogen) atoms. The highest BCUT2D eigenvalue weighted by molar-refractivity contribution is 7.95. The Bertz CT molecular complexity index is 444. The molecule has 68 valence electrons. The lowest BCUT2D eigenvalue weighted by Gasteiger charge is -1.98. The number of rotatable bonds is 2. The lowest BCUT2D eigenvalue weighted by atomic mass is 10.5. The van der Waals surface area contributed by atoms with Crippen LogP contribution in [0.25, 0.3) is 0 Å². The molecular weight excluding hydrogens is 190 g/mol. The number of nitrogens with zero attached hydrogens (tertiary/aromatic N) is 1. The molecule has 0 saturated heterocycles. The summed E-state index contributed by atoms with van der Waals surface area (Å²) in [7, 11) is -3.71. The van der Waals surface area contributed by atoms with Crippen molar-refractivity contribution in [3.05, 3.63) is 29.3 Å². The van der Waals surface area contributed by atoms with E-state index in [0.29, 0.717) is 0 Å². The van der Waals surface area contributed by atoms with Gasteiger partial charge in [-0.1, -0.05) is 6.07 Å². The van der Waals surface area contributed by atoms with E-state index in [2.05, 4.69) is 4.98 Å². The van der Waals surface area contributed by atoms with Crippen molar-refractivity contribution in [1.82, 2.24) is 4.98 Å². The Balaban J connectivity index is 3.33. The summed E-state index contributed by atoms with van der Waals surface area (Å²) in [6.07, 6.45) is 1.35. The van der Waals surface area contributed by atoms with Crippen molar-refractivity contribution in [2.24, 2.45) is 0 Å². The normalized spacial score (nSPS) is 10.5. The monoisotopic (exact) mass is 197 g/mol. The van der Waals surface area contributed by atoms with Gasteiger partial charge in [0.25, 0.3) is 0 Å². The first kappa shape index (κ1) is 9.64. The van der Waals surface area contributed by atoms with Gasteiger partial charge in [-0.25, -0.2) is 18.2 Å². The number of sulfone groups is 1. The van der Waals surface area contributed by atoms with Crippen LogP contribution in [0.3, 0.4) is 0 Å². The third-order valence-electron chi connectivity index (χ3n) is 1.46. The lowest BCUT2D eigenvalue weighted by molar-refractivity contribution is 0.566. The van der Waals surface area contributed by atoms with Crippen molar-refractivity contribution in [1.29, 1.82) is 0 Å². The Kier molecular flexibility index (Phi) is 2.60. The van der Waals surface area contributed by atoms with E-state index >= 15 is 0 Å². The molecule has 0 unspecified atom stereocenters. The molecule has 1 aromatic rings. The van der Waals surface area contributed by atoms with Crippen LogP contribution in [-0.4, -0.2) is 19.3 Å². The summed E-state index contributed by atoms with van der Waals surface area (Å²) in [5.41, 5.74) is 0. The minimum atomic E-state index is -3.71. The molecule has 0 saturated carbocycles. The molecule has 1 aromatic heterocycles. The number of allylic oxidation sites excluding steroid dienone is 1. The number of hydrogen-bond acceptors (Lipinski definition) is 4. The minimum absolute atomic E-state index is 0.129. The maximum absolute atomic E-state index is 11.4. The average Bonchev–Trinajstić information content (AvgIpc) is 2.18. The third-order valence-corrected chi connectivity index (χ3v) is 3.14. The van der Waals surface area contributed by atoms with Crippen LogP contribution >= 0.6 is 0 Å². The predicted octanol–water partition coefficient (Wildman–Crippen LogP) is 0.591. The molecule has 0 aliphatic carbocycles. The van der Waals surface area contributed by atoms with Crippen molar-refractivity contribution in [2.45, 2.75) is 11.9 Å².